The van der Waals surface area contributed by atoms with Crippen LogP contribution in [0.4, 0.5) is 4.79 Å². The van der Waals surface area contributed by atoms with E-state index in [-0.39, 0.29) is 12.1 Å². The van der Waals surface area contributed by atoms with Crippen LogP contribution in [0.1, 0.15) is 39.2 Å². The number of benzene rings is 1. The Labute approximate surface area is 127 Å². The van der Waals surface area contributed by atoms with Crippen LogP contribution in [0.3, 0.4) is 0 Å². The second-order valence-electron chi connectivity index (χ2n) is 5.77. The summed E-state index contributed by atoms with van der Waals surface area (Å²) in [4.78, 5) is 13.7. The summed E-state index contributed by atoms with van der Waals surface area (Å²) in [6.45, 7) is 6.95. The third-order valence-electron chi connectivity index (χ3n) is 3.26. The number of halogens is 1. The lowest BCUT2D eigenvalue weighted by Crippen LogP contribution is -2.41. The lowest BCUT2D eigenvalue weighted by molar-refractivity contribution is 0.202. The van der Waals surface area contributed by atoms with Crippen LogP contribution in [0.15, 0.2) is 24.3 Å². The molecule has 4 heteroatoms. The van der Waals surface area contributed by atoms with E-state index >= 15 is 0 Å². The third-order valence-corrected chi connectivity index (χ3v) is 3.63. The normalized spacial score (nSPS) is 12.3. The van der Waals surface area contributed by atoms with E-state index in [4.69, 9.17) is 11.6 Å². The van der Waals surface area contributed by atoms with Gasteiger partial charge in [-0.05, 0) is 37.3 Å². The van der Waals surface area contributed by atoms with Crippen LogP contribution >= 0.6 is 11.6 Å². The summed E-state index contributed by atoms with van der Waals surface area (Å²) < 4.78 is 0. The Morgan fingerprint density at radius 2 is 1.90 bits per heavy atom. The molecule has 0 aromatic heterocycles. The Morgan fingerprint density at radius 3 is 2.50 bits per heavy atom. The van der Waals surface area contributed by atoms with Crippen LogP contribution in [-0.4, -0.2) is 24.0 Å². The second-order valence-corrected chi connectivity index (χ2v) is 6.18. The summed E-state index contributed by atoms with van der Waals surface area (Å²) in [5, 5.41) is 3.71. The Balaban J connectivity index is 2.45. The summed E-state index contributed by atoms with van der Waals surface area (Å²) in [5.41, 5.74) is 0.960. The molecule has 0 spiro atoms. The number of amides is 2. The lowest BCUT2D eigenvalue weighted by Gasteiger charge is -2.22. The molecule has 3 nitrogen and oxygen atoms in total. The second kappa shape index (κ2) is 8.15. The molecule has 0 aliphatic heterocycles. The van der Waals surface area contributed by atoms with Crippen molar-refractivity contribution in [1.29, 1.82) is 0 Å². The lowest BCUT2D eigenvalue weighted by atomic mass is 10.0. The number of urea groups is 1. The standard InChI is InChI=1S/C16H25ClN2O/c1-12(2)9-10-13(3)18-16(20)19(4)11-14-7-5-6-8-15(14)17/h5-8,12-13H,9-11H2,1-4H3,(H,18,20). The first-order chi connectivity index (χ1) is 9.40. The van der Waals surface area contributed by atoms with Crippen molar-refractivity contribution in [2.75, 3.05) is 7.05 Å². The molecule has 112 valence electrons. The minimum atomic E-state index is -0.0545. The Morgan fingerprint density at radius 1 is 1.25 bits per heavy atom. The molecule has 0 aliphatic rings. The van der Waals surface area contributed by atoms with Gasteiger partial charge in [-0.25, -0.2) is 4.79 Å². The maximum atomic E-state index is 12.1. The fourth-order valence-corrected chi connectivity index (χ4v) is 2.13. The first kappa shape index (κ1) is 16.8. The van der Waals surface area contributed by atoms with E-state index < -0.39 is 0 Å². The quantitative estimate of drug-likeness (QED) is 0.834. The van der Waals surface area contributed by atoms with Crippen molar-refractivity contribution in [3.8, 4) is 0 Å². The van der Waals surface area contributed by atoms with Crippen LogP contribution in [0, 0.1) is 5.92 Å². The number of carbonyl (C=O) groups excluding carboxylic acids is 1. The van der Waals surface area contributed by atoms with Crippen LogP contribution in [0.25, 0.3) is 0 Å². The number of nitrogens with zero attached hydrogens (tertiary/aromatic N) is 1. The van der Waals surface area contributed by atoms with E-state index in [2.05, 4.69) is 19.2 Å². The van der Waals surface area contributed by atoms with Gasteiger partial charge in [-0.2, -0.15) is 0 Å². The fraction of sp³-hybridized carbons (Fsp3) is 0.562. The number of hydrogen-bond donors (Lipinski definition) is 1. The van der Waals surface area contributed by atoms with Gasteiger partial charge in [-0.15, -0.1) is 0 Å². The van der Waals surface area contributed by atoms with Gasteiger partial charge >= 0.3 is 6.03 Å². The molecule has 1 rings (SSSR count). The van der Waals surface area contributed by atoms with Crippen molar-refractivity contribution in [3.63, 3.8) is 0 Å². The van der Waals surface area contributed by atoms with Gasteiger partial charge in [-0.1, -0.05) is 43.6 Å². The van der Waals surface area contributed by atoms with E-state index in [1.165, 1.54) is 0 Å². The van der Waals surface area contributed by atoms with E-state index in [0.717, 1.165) is 18.4 Å². The van der Waals surface area contributed by atoms with Crippen LogP contribution in [-0.2, 0) is 6.54 Å². The largest absolute Gasteiger partial charge is 0.336 e. The van der Waals surface area contributed by atoms with E-state index in [1.807, 2.05) is 31.2 Å². The maximum Gasteiger partial charge on any atom is 0.317 e. The van der Waals surface area contributed by atoms with Gasteiger partial charge < -0.3 is 10.2 Å². The summed E-state index contributed by atoms with van der Waals surface area (Å²) in [6.07, 6.45) is 2.12. The maximum absolute atomic E-state index is 12.1. The highest BCUT2D eigenvalue weighted by Gasteiger charge is 2.13. The smallest absolute Gasteiger partial charge is 0.317 e. The van der Waals surface area contributed by atoms with Crippen molar-refractivity contribution in [3.05, 3.63) is 34.9 Å². The zero-order valence-corrected chi connectivity index (χ0v) is 13.6. The van der Waals surface area contributed by atoms with Gasteiger partial charge in [0, 0.05) is 24.7 Å². The number of carbonyl (C=O) groups is 1. The zero-order valence-electron chi connectivity index (χ0n) is 12.8. The van der Waals surface area contributed by atoms with Crippen molar-refractivity contribution in [2.45, 2.75) is 46.2 Å². The SMILES string of the molecule is CC(C)CCC(C)NC(=O)N(C)Cc1ccccc1Cl. The molecular weight excluding hydrogens is 272 g/mol. The van der Waals surface area contributed by atoms with Gasteiger partial charge in [-0.3, -0.25) is 0 Å². The number of rotatable bonds is 6. The molecule has 0 heterocycles. The minimum absolute atomic E-state index is 0.0545. The number of hydrogen-bond acceptors (Lipinski definition) is 1. The van der Waals surface area contributed by atoms with Gasteiger partial charge in [0.1, 0.15) is 0 Å². The van der Waals surface area contributed by atoms with Crippen molar-refractivity contribution < 1.29 is 4.79 Å². The van der Waals surface area contributed by atoms with E-state index in [0.29, 0.717) is 17.5 Å². The van der Waals surface area contributed by atoms with E-state index in [1.54, 1.807) is 11.9 Å². The van der Waals surface area contributed by atoms with Gasteiger partial charge in [0.05, 0.1) is 0 Å². The molecule has 1 N–H and O–H groups in total. The van der Waals surface area contributed by atoms with Gasteiger partial charge in [0.15, 0.2) is 0 Å². The molecule has 0 bridgehead atoms. The highest BCUT2D eigenvalue weighted by Crippen LogP contribution is 2.16. The Bertz CT molecular complexity index is 434. The molecule has 1 atom stereocenters. The molecule has 2 amide bonds. The van der Waals surface area contributed by atoms with E-state index in [9.17, 15) is 4.79 Å². The Kier molecular flexibility index (Phi) is 6.86. The molecule has 0 saturated heterocycles. The average Bonchev–Trinajstić information content (AvgIpc) is 2.39. The number of nitrogens with one attached hydrogen (secondary N) is 1. The van der Waals surface area contributed by atoms with Crippen LogP contribution in [0.2, 0.25) is 5.02 Å². The summed E-state index contributed by atoms with van der Waals surface area (Å²) in [5.74, 6) is 0.662. The first-order valence-electron chi connectivity index (χ1n) is 7.15. The van der Waals surface area contributed by atoms with Crippen molar-refractivity contribution in [2.24, 2.45) is 5.92 Å². The molecule has 1 unspecified atom stereocenters. The highest BCUT2D eigenvalue weighted by atomic mass is 35.5. The van der Waals surface area contributed by atoms with Crippen molar-refractivity contribution in [1.82, 2.24) is 10.2 Å². The van der Waals surface area contributed by atoms with Crippen molar-refractivity contribution >= 4 is 17.6 Å². The predicted molar refractivity (Wildman–Crippen MR) is 85.0 cm³/mol. The molecule has 0 saturated carbocycles. The molecule has 0 radical (unpaired) electrons. The highest BCUT2D eigenvalue weighted by molar-refractivity contribution is 6.31. The summed E-state index contributed by atoms with van der Waals surface area (Å²) in [7, 11) is 1.79. The fourth-order valence-electron chi connectivity index (χ4n) is 1.93. The molecule has 20 heavy (non-hydrogen) atoms. The zero-order chi connectivity index (χ0) is 15.1. The van der Waals surface area contributed by atoms with Gasteiger partial charge in [0.25, 0.3) is 0 Å². The molecule has 0 aliphatic carbocycles. The summed E-state index contributed by atoms with van der Waals surface area (Å²) >= 11 is 6.10. The molecule has 1 aromatic rings. The van der Waals surface area contributed by atoms with Crippen LogP contribution < -0.4 is 5.32 Å². The molecular formula is C16H25ClN2O. The average molecular weight is 297 g/mol. The first-order valence-corrected chi connectivity index (χ1v) is 7.53. The topological polar surface area (TPSA) is 32.3 Å². The summed E-state index contributed by atoms with van der Waals surface area (Å²) in [6, 6.07) is 7.74. The molecule has 1 aromatic carbocycles. The minimum Gasteiger partial charge on any atom is -0.336 e. The Hall–Kier alpha value is -1.22. The van der Waals surface area contributed by atoms with Crippen LogP contribution in [0.5, 0.6) is 0 Å². The monoisotopic (exact) mass is 296 g/mol. The molecule has 0 fully saturated rings. The third kappa shape index (κ3) is 5.83. The predicted octanol–water partition coefficient (Wildman–Crippen LogP) is 4.31. The van der Waals surface area contributed by atoms with Gasteiger partial charge in [0.2, 0.25) is 0 Å².